The van der Waals surface area contributed by atoms with E-state index in [0.717, 1.165) is 29.0 Å². The lowest BCUT2D eigenvalue weighted by molar-refractivity contribution is -0.137. The third kappa shape index (κ3) is 3.50. The van der Waals surface area contributed by atoms with Gasteiger partial charge in [-0.2, -0.15) is 13.2 Å². The van der Waals surface area contributed by atoms with Crippen LogP contribution in [0.2, 0.25) is 0 Å². The summed E-state index contributed by atoms with van der Waals surface area (Å²) in [5, 5.41) is 0.584. The number of alkyl halides is 3. The largest absolute Gasteiger partial charge is 0.416 e. The Labute approximate surface area is 135 Å². The summed E-state index contributed by atoms with van der Waals surface area (Å²) in [6.07, 6.45) is -2.56. The average Bonchev–Trinajstić information content (AvgIpc) is 2.87. The number of pyridine rings is 1. The van der Waals surface area contributed by atoms with Gasteiger partial charge in [0.25, 0.3) is 0 Å². The highest BCUT2D eigenvalue weighted by molar-refractivity contribution is 7.98. The molecule has 0 atom stereocenters. The highest BCUT2D eigenvalue weighted by Crippen LogP contribution is 2.32. The lowest BCUT2D eigenvalue weighted by atomic mass is 10.2. The Morgan fingerprint density at radius 2 is 1.96 bits per heavy atom. The molecule has 0 amide bonds. The van der Waals surface area contributed by atoms with Gasteiger partial charge in [0.1, 0.15) is 0 Å². The van der Waals surface area contributed by atoms with E-state index in [1.165, 1.54) is 17.8 Å². The van der Waals surface area contributed by atoms with Crippen LogP contribution in [0.1, 0.15) is 22.4 Å². The quantitative estimate of drug-likeness (QED) is 0.692. The second-order valence-electron chi connectivity index (χ2n) is 5.34. The molecular weight excluding hydrogens is 323 g/mol. The van der Waals surface area contributed by atoms with Crippen LogP contribution in [0.3, 0.4) is 0 Å². The first-order valence-corrected chi connectivity index (χ1v) is 7.93. The van der Waals surface area contributed by atoms with Crippen LogP contribution in [0.4, 0.5) is 13.2 Å². The number of fused-ring (bicyclic) bond motifs is 1. The summed E-state index contributed by atoms with van der Waals surface area (Å²) in [6, 6.07) is 5.58. The Morgan fingerprint density at radius 1 is 1.17 bits per heavy atom. The van der Waals surface area contributed by atoms with Crippen molar-refractivity contribution >= 4 is 22.8 Å². The van der Waals surface area contributed by atoms with Crippen LogP contribution in [0.5, 0.6) is 0 Å². The van der Waals surface area contributed by atoms with Gasteiger partial charge in [0.15, 0.2) is 5.16 Å². The number of halogens is 3. The molecule has 0 aliphatic carbocycles. The second-order valence-corrected chi connectivity index (χ2v) is 6.30. The molecule has 1 aromatic carbocycles. The van der Waals surface area contributed by atoms with Crippen molar-refractivity contribution < 1.29 is 13.2 Å². The van der Waals surface area contributed by atoms with Crippen molar-refractivity contribution in [3.05, 3.63) is 52.8 Å². The zero-order chi connectivity index (χ0) is 16.6. The molecule has 3 nitrogen and oxygen atoms in total. The van der Waals surface area contributed by atoms with Crippen LogP contribution >= 0.6 is 11.8 Å². The first kappa shape index (κ1) is 15.9. The van der Waals surface area contributed by atoms with Gasteiger partial charge in [0.05, 0.1) is 22.3 Å². The maximum Gasteiger partial charge on any atom is 0.416 e. The smallest absolute Gasteiger partial charge is 0.333 e. The fraction of sp³-hybridized carbons (Fsp3) is 0.250. The summed E-state index contributed by atoms with van der Waals surface area (Å²) in [5.74, 6) is 0.609. The number of nitrogens with zero attached hydrogens (tertiary/aromatic N) is 2. The number of hydrogen-bond acceptors (Lipinski definition) is 3. The molecule has 3 aromatic rings. The third-order valence-corrected chi connectivity index (χ3v) is 4.34. The number of aryl methyl sites for hydroxylation is 2. The monoisotopic (exact) mass is 337 g/mol. The highest BCUT2D eigenvalue weighted by Gasteiger charge is 2.30. The Morgan fingerprint density at radius 3 is 2.65 bits per heavy atom. The van der Waals surface area contributed by atoms with E-state index < -0.39 is 11.7 Å². The maximum absolute atomic E-state index is 12.7. The number of aromatic amines is 1. The van der Waals surface area contributed by atoms with Crippen LogP contribution < -0.4 is 0 Å². The second kappa shape index (κ2) is 5.88. The van der Waals surface area contributed by atoms with Crippen molar-refractivity contribution in [2.75, 3.05) is 0 Å². The van der Waals surface area contributed by atoms with Crippen LogP contribution in [0, 0.1) is 13.8 Å². The molecule has 0 bridgehead atoms. The van der Waals surface area contributed by atoms with Gasteiger partial charge < -0.3 is 4.98 Å². The van der Waals surface area contributed by atoms with E-state index in [1.54, 1.807) is 6.20 Å². The van der Waals surface area contributed by atoms with Gasteiger partial charge in [0.2, 0.25) is 0 Å². The standard InChI is InChI=1S/C16H14F3N3S/c1-9-5-10(2)14(20-7-9)8-23-15-21-12-4-3-11(16(17,18)19)6-13(12)22-15/h3-7H,8H2,1-2H3,(H,21,22). The first-order chi connectivity index (χ1) is 10.8. The lowest BCUT2D eigenvalue weighted by Gasteiger charge is -2.04. The van der Waals surface area contributed by atoms with Gasteiger partial charge in [-0.3, -0.25) is 4.98 Å². The molecule has 2 aromatic heterocycles. The van der Waals surface area contributed by atoms with Crippen LogP contribution in [-0.4, -0.2) is 15.0 Å². The lowest BCUT2D eigenvalue weighted by Crippen LogP contribution is -2.04. The first-order valence-electron chi connectivity index (χ1n) is 6.95. The van der Waals surface area contributed by atoms with Crippen LogP contribution in [0.15, 0.2) is 35.6 Å². The molecule has 2 heterocycles. The average molecular weight is 337 g/mol. The molecular formula is C16H14F3N3S. The predicted octanol–water partition coefficient (Wildman–Crippen LogP) is 4.89. The summed E-state index contributed by atoms with van der Waals surface area (Å²) < 4.78 is 38.2. The maximum atomic E-state index is 12.7. The minimum absolute atomic E-state index is 0.316. The molecule has 0 saturated heterocycles. The molecule has 0 aliphatic rings. The molecule has 120 valence electrons. The zero-order valence-corrected chi connectivity index (χ0v) is 13.3. The third-order valence-electron chi connectivity index (χ3n) is 3.46. The van der Waals surface area contributed by atoms with E-state index in [4.69, 9.17) is 0 Å². The summed E-state index contributed by atoms with van der Waals surface area (Å²) >= 11 is 1.42. The number of nitrogens with one attached hydrogen (secondary N) is 1. The number of thioether (sulfide) groups is 1. The molecule has 0 fully saturated rings. The van der Waals surface area contributed by atoms with Crippen molar-refractivity contribution in [3.63, 3.8) is 0 Å². The normalized spacial score (nSPS) is 12.0. The van der Waals surface area contributed by atoms with Gasteiger partial charge in [0, 0.05) is 11.9 Å². The van der Waals surface area contributed by atoms with Gasteiger partial charge in [-0.25, -0.2) is 4.98 Å². The van der Waals surface area contributed by atoms with Crippen LogP contribution in [-0.2, 0) is 11.9 Å². The zero-order valence-electron chi connectivity index (χ0n) is 12.5. The van der Waals surface area contributed by atoms with Crippen molar-refractivity contribution in [2.24, 2.45) is 0 Å². The number of benzene rings is 1. The summed E-state index contributed by atoms with van der Waals surface area (Å²) in [7, 11) is 0. The number of H-pyrrole nitrogens is 1. The molecule has 7 heteroatoms. The van der Waals surface area contributed by atoms with Gasteiger partial charge >= 0.3 is 6.18 Å². The SMILES string of the molecule is Cc1cnc(CSc2nc3cc(C(F)(F)F)ccc3[nH]2)c(C)c1. The topological polar surface area (TPSA) is 41.6 Å². The molecule has 0 spiro atoms. The van der Waals surface area contributed by atoms with Crippen molar-refractivity contribution in [1.82, 2.24) is 15.0 Å². The Balaban J connectivity index is 1.81. The molecule has 1 N–H and O–H groups in total. The van der Waals surface area contributed by atoms with Crippen molar-refractivity contribution in [2.45, 2.75) is 30.9 Å². The minimum atomic E-state index is -4.36. The number of aromatic nitrogens is 3. The fourth-order valence-electron chi connectivity index (χ4n) is 2.26. The number of hydrogen-bond donors (Lipinski definition) is 1. The summed E-state index contributed by atoms with van der Waals surface area (Å²) in [6.45, 7) is 3.97. The summed E-state index contributed by atoms with van der Waals surface area (Å²) in [4.78, 5) is 11.6. The Hall–Kier alpha value is -2.02. The predicted molar refractivity (Wildman–Crippen MR) is 84.4 cm³/mol. The molecule has 0 aliphatic heterocycles. The van der Waals surface area contributed by atoms with E-state index in [9.17, 15) is 13.2 Å². The Bertz CT molecular complexity index is 855. The van der Waals surface area contributed by atoms with E-state index in [1.807, 2.05) is 13.8 Å². The molecule has 0 radical (unpaired) electrons. The van der Waals surface area contributed by atoms with E-state index in [2.05, 4.69) is 21.0 Å². The van der Waals surface area contributed by atoms with Gasteiger partial charge in [-0.15, -0.1) is 0 Å². The van der Waals surface area contributed by atoms with Crippen molar-refractivity contribution in [3.8, 4) is 0 Å². The molecule has 0 saturated carbocycles. The van der Waals surface area contributed by atoms with E-state index >= 15 is 0 Å². The van der Waals surface area contributed by atoms with E-state index in [-0.39, 0.29) is 0 Å². The van der Waals surface area contributed by atoms with E-state index in [0.29, 0.717) is 21.9 Å². The summed E-state index contributed by atoms with van der Waals surface area (Å²) in [5.41, 5.74) is 3.35. The Kier molecular flexibility index (Phi) is 4.06. The number of imidazole rings is 1. The molecule has 23 heavy (non-hydrogen) atoms. The van der Waals surface area contributed by atoms with Crippen LogP contribution in [0.25, 0.3) is 11.0 Å². The number of rotatable bonds is 3. The van der Waals surface area contributed by atoms with Gasteiger partial charge in [-0.1, -0.05) is 17.8 Å². The molecule has 0 unspecified atom stereocenters. The highest BCUT2D eigenvalue weighted by atomic mass is 32.2. The van der Waals surface area contributed by atoms with Gasteiger partial charge in [-0.05, 0) is 43.2 Å². The molecule has 3 rings (SSSR count). The van der Waals surface area contributed by atoms with Crippen molar-refractivity contribution in [1.29, 1.82) is 0 Å². The minimum Gasteiger partial charge on any atom is -0.333 e. The fourth-order valence-corrected chi connectivity index (χ4v) is 3.18.